The van der Waals surface area contributed by atoms with Crippen molar-refractivity contribution in [1.29, 1.82) is 0 Å². The summed E-state index contributed by atoms with van der Waals surface area (Å²) in [6.45, 7) is -0.211. The molecular weight excluding hydrogens is 347 g/mol. The molecule has 1 aliphatic carbocycles. The maximum Gasteiger partial charge on any atom is 0.331 e. The molecular formula is C16H15FN4O3S. The fraction of sp³-hybridized carbons (Fsp3) is 0.312. The van der Waals surface area contributed by atoms with Crippen LogP contribution < -0.4 is 10.0 Å². The van der Waals surface area contributed by atoms with Gasteiger partial charge in [0.2, 0.25) is 5.91 Å². The van der Waals surface area contributed by atoms with Crippen LogP contribution in [0.5, 0.6) is 0 Å². The van der Waals surface area contributed by atoms with Crippen LogP contribution in [-0.2, 0) is 9.59 Å². The Labute approximate surface area is 147 Å². The van der Waals surface area contributed by atoms with Crippen molar-refractivity contribution in [2.45, 2.75) is 24.9 Å². The zero-order chi connectivity index (χ0) is 17.6. The Bertz CT molecular complexity index is 778. The lowest BCUT2D eigenvalue weighted by Crippen LogP contribution is -2.60. The highest BCUT2D eigenvalue weighted by Gasteiger charge is 2.50. The average molecular weight is 362 g/mol. The van der Waals surface area contributed by atoms with Crippen LogP contribution in [0.4, 0.5) is 14.9 Å². The Balaban J connectivity index is 1.51. The molecule has 0 bridgehead atoms. The first kappa shape index (κ1) is 16.1. The number of fused-ring (bicyclic) bond motifs is 1. The predicted octanol–water partition coefficient (Wildman–Crippen LogP) is 1.65. The van der Waals surface area contributed by atoms with E-state index in [0.717, 1.165) is 12.8 Å². The van der Waals surface area contributed by atoms with E-state index in [1.807, 2.05) is 0 Å². The number of urea groups is 1. The van der Waals surface area contributed by atoms with Gasteiger partial charge in [-0.15, -0.1) is 0 Å². The molecule has 1 aromatic rings. The number of nitrogens with zero attached hydrogens (tertiary/aromatic N) is 2. The van der Waals surface area contributed by atoms with Crippen molar-refractivity contribution in [2.24, 2.45) is 0 Å². The number of carbonyl (C=O) groups excluding carboxylic acids is 3. The number of carbonyl (C=O) groups is 3. The van der Waals surface area contributed by atoms with E-state index >= 15 is 0 Å². The monoisotopic (exact) mass is 362 g/mol. The number of hydrogen-bond acceptors (Lipinski definition) is 5. The molecule has 4 rings (SSSR count). The summed E-state index contributed by atoms with van der Waals surface area (Å²) in [6, 6.07) is 4.23. The molecule has 1 saturated carbocycles. The van der Waals surface area contributed by atoms with Crippen LogP contribution in [0.3, 0.4) is 0 Å². The molecule has 7 nitrogen and oxygen atoms in total. The summed E-state index contributed by atoms with van der Waals surface area (Å²) in [5.74, 6) is -1.08. The lowest BCUT2D eigenvalue weighted by atomic mass is 10.1. The quantitative estimate of drug-likeness (QED) is 0.796. The lowest BCUT2D eigenvalue weighted by molar-refractivity contribution is -0.132. The Hall–Kier alpha value is -2.39. The standard InChI is InChI=1S/C16H15FN4O3S/c17-9-1-3-10(4-2-9)18-13(22)7-20-12-8-25-19-14(12)15(23)21(16(20)24)11-5-6-11/h1-4,8,11,14,19H,5-7H2,(H,18,22). The minimum absolute atomic E-state index is 0.0726. The van der Waals surface area contributed by atoms with E-state index in [1.165, 1.54) is 46.0 Å². The van der Waals surface area contributed by atoms with Gasteiger partial charge in [-0.1, -0.05) is 11.9 Å². The molecule has 1 saturated heterocycles. The number of nitrogens with one attached hydrogen (secondary N) is 2. The van der Waals surface area contributed by atoms with Gasteiger partial charge in [0, 0.05) is 17.1 Å². The molecule has 0 radical (unpaired) electrons. The van der Waals surface area contributed by atoms with E-state index in [-0.39, 0.29) is 18.5 Å². The highest BCUT2D eigenvalue weighted by Crippen LogP contribution is 2.36. The minimum atomic E-state index is -0.609. The molecule has 2 aliphatic heterocycles. The topological polar surface area (TPSA) is 81.8 Å². The normalized spacial score (nSPS) is 22.8. The Morgan fingerprint density at radius 3 is 2.68 bits per heavy atom. The second-order valence-electron chi connectivity index (χ2n) is 6.07. The highest BCUT2D eigenvalue weighted by molar-refractivity contribution is 8.00. The van der Waals surface area contributed by atoms with Crippen molar-refractivity contribution >= 4 is 35.5 Å². The third-order valence-electron chi connectivity index (χ3n) is 4.24. The van der Waals surface area contributed by atoms with Gasteiger partial charge in [-0.2, -0.15) is 0 Å². The van der Waals surface area contributed by atoms with Gasteiger partial charge >= 0.3 is 6.03 Å². The average Bonchev–Trinajstić information content (AvgIpc) is 3.29. The second kappa shape index (κ2) is 6.16. The second-order valence-corrected chi connectivity index (χ2v) is 6.78. The summed E-state index contributed by atoms with van der Waals surface area (Å²) < 4.78 is 15.9. The maximum atomic E-state index is 12.9. The van der Waals surface area contributed by atoms with E-state index in [2.05, 4.69) is 10.0 Å². The summed E-state index contributed by atoms with van der Waals surface area (Å²) in [6.07, 6.45) is 1.60. The smallest absolute Gasteiger partial charge is 0.325 e. The lowest BCUT2D eigenvalue weighted by Gasteiger charge is -2.38. The van der Waals surface area contributed by atoms with Gasteiger partial charge in [-0.05, 0) is 37.1 Å². The van der Waals surface area contributed by atoms with E-state index in [9.17, 15) is 18.8 Å². The molecule has 2 N–H and O–H groups in total. The molecule has 130 valence electrons. The number of halogens is 1. The number of anilines is 1. The third-order valence-corrected chi connectivity index (χ3v) is 4.97. The summed E-state index contributed by atoms with van der Waals surface area (Å²) >= 11 is 1.23. The van der Waals surface area contributed by atoms with E-state index in [1.54, 1.807) is 5.41 Å². The maximum absolute atomic E-state index is 12.9. The van der Waals surface area contributed by atoms with Gasteiger partial charge in [0.25, 0.3) is 5.91 Å². The van der Waals surface area contributed by atoms with Crippen molar-refractivity contribution in [3.8, 4) is 0 Å². The largest absolute Gasteiger partial charge is 0.331 e. The zero-order valence-electron chi connectivity index (χ0n) is 13.1. The molecule has 2 fully saturated rings. The molecule has 9 heteroatoms. The third kappa shape index (κ3) is 3.00. The van der Waals surface area contributed by atoms with Crippen molar-refractivity contribution in [2.75, 3.05) is 11.9 Å². The first-order valence-corrected chi connectivity index (χ1v) is 8.74. The van der Waals surface area contributed by atoms with Gasteiger partial charge in [-0.25, -0.2) is 13.9 Å². The van der Waals surface area contributed by atoms with Crippen molar-refractivity contribution in [3.05, 3.63) is 41.2 Å². The number of hydrogen-bond donors (Lipinski definition) is 2. The van der Waals surface area contributed by atoms with Crippen LogP contribution >= 0.6 is 11.9 Å². The van der Waals surface area contributed by atoms with Crippen molar-refractivity contribution in [3.63, 3.8) is 0 Å². The van der Waals surface area contributed by atoms with Gasteiger partial charge < -0.3 is 5.32 Å². The number of benzene rings is 1. The molecule has 0 aromatic heterocycles. The Morgan fingerprint density at radius 2 is 2.00 bits per heavy atom. The summed E-state index contributed by atoms with van der Waals surface area (Å²) in [4.78, 5) is 40.1. The number of imide groups is 1. The summed E-state index contributed by atoms with van der Waals surface area (Å²) in [5, 5.41) is 4.31. The first-order valence-electron chi connectivity index (χ1n) is 7.86. The fourth-order valence-corrected chi connectivity index (χ4v) is 3.68. The summed E-state index contributed by atoms with van der Waals surface area (Å²) in [7, 11) is 0. The minimum Gasteiger partial charge on any atom is -0.325 e. The van der Waals surface area contributed by atoms with Crippen LogP contribution in [0.25, 0.3) is 0 Å². The molecule has 1 atom stereocenters. The van der Waals surface area contributed by atoms with Crippen molar-refractivity contribution < 1.29 is 18.8 Å². The molecule has 4 amide bonds. The summed E-state index contributed by atoms with van der Waals surface area (Å²) in [5.41, 5.74) is 0.932. The van der Waals surface area contributed by atoms with Crippen LogP contribution in [0.15, 0.2) is 35.4 Å². The van der Waals surface area contributed by atoms with Crippen LogP contribution in [0.2, 0.25) is 0 Å². The molecule has 3 aliphatic rings. The molecule has 1 unspecified atom stereocenters. The predicted molar refractivity (Wildman–Crippen MR) is 89.6 cm³/mol. The molecule has 0 spiro atoms. The van der Waals surface area contributed by atoms with E-state index in [4.69, 9.17) is 0 Å². The van der Waals surface area contributed by atoms with Gasteiger partial charge in [0.1, 0.15) is 18.4 Å². The first-order chi connectivity index (χ1) is 12.0. The number of rotatable bonds is 4. The SMILES string of the molecule is O=C(CN1C(=O)N(C2CC2)C(=O)C2NSC=C21)Nc1ccc(F)cc1. The van der Waals surface area contributed by atoms with E-state index in [0.29, 0.717) is 11.4 Å². The van der Waals surface area contributed by atoms with E-state index < -0.39 is 23.8 Å². The van der Waals surface area contributed by atoms with Gasteiger partial charge in [-0.3, -0.25) is 19.4 Å². The van der Waals surface area contributed by atoms with Gasteiger partial charge in [0.05, 0.1) is 5.70 Å². The Kier molecular flexibility index (Phi) is 3.97. The van der Waals surface area contributed by atoms with Crippen LogP contribution in [-0.4, -0.2) is 46.3 Å². The Morgan fingerprint density at radius 1 is 1.28 bits per heavy atom. The molecule has 1 aromatic carbocycles. The van der Waals surface area contributed by atoms with Crippen LogP contribution in [0, 0.1) is 5.82 Å². The fourth-order valence-electron chi connectivity index (χ4n) is 2.87. The van der Waals surface area contributed by atoms with Crippen LogP contribution in [0.1, 0.15) is 12.8 Å². The molecule has 2 heterocycles. The zero-order valence-corrected chi connectivity index (χ0v) is 13.9. The van der Waals surface area contributed by atoms with Crippen molar-refractivity contribution in [1.82, 2.24) is 14.5 Å². The highest BCUT2D eigenvalue weighted by atomic mass is 32.2. The van der Waals surface area contributed by atoms with Gasteiger partial charge in [0.15, 0.2) is 0 Å². The number of amides is 4. The molecule has 25 heavy (non-hydrogen) atoms.